The van der Waals surface area contributed by atoms with Crippen LogP contribution in [0.4, 0.5) is 0 Å². The second kappa shape index (κ2) is 6.41. The molecule has 1 saturated carbocycles. The van der Waals surface area contributed by atoms with Gasteiger partial charge in [0.1, 0.15) is 11.9 Å². The van der Waals surface area contributed by atoms with Crippen molar-refractivity contribution in [3.63, 3.8) is 0 Å². The number of hydrogen-bond acceptors (Lipinski definition) is 4. The standard InChI is InChI=1S/C17H21Cl2NO3/c18-10-8-12-15(21)11-2-1-3-14(20-4-6-22-7-5-20)17(11)23-16(12)13(19)9-10/h8-9,11,14-15,17,21H,1-7H2/t11-,14+,15-,17+/m0/s1. The Labute approximate surface area is 146 Å². The number of fused-ring (bicyclic) bond motifs is 2. The van der Waals surface area contributed by atoms with Crippen LogP contribution < -0.4 is 4.74 Å². The maximum absolute atomic E-state index is 10.9. The van der Waals surface area contributed by atoms with Crippen molar-refractivity contribution in [2.75, 3.05) is 26.3 Å². The van der Waals surface area contributed by atoms with Crippen molar-refractivity contribution in [2.45, 2.75) is 37.5 Å². The summed E-state index contributed by atoms with van der Waals surface area (Å²) in [5.74, 6) is 0.698. The molecule has 1 saturated heterocycles. The highest BCUT2D eigenvalue weighted by molar-refractivity contribution is 6.35. The number of halogens is 2. The van der Waals surface area contributed by atoms with Crippen LogP contribution in [0.1, 0.15) is 30.9 Å². The molecule has 1 aromatic rings. The molecular formula is C17H21Cl2NO3. The van der Waals surface area contributed by atoms with E-state index in [4.69, 9.17) is 32.7 Å². The third-order valence-corrected chi connectivity index (χ3v) is 5.87. The van der Waals surface area contributed by atoms with Crippen LogP contribution in [0.25, 0.3) is 0 Å². The second-order valence-corrected chi connectivity index (χ2v) is 7.49. The number of rotatable bonds is 1. The lowest BCUT2D eigenvalue weighted by molar-refractivity contribution is -0.0868. The number of hydrogen-bond donors (Lipinski definition) is 1. The van der Waals surface area contributed by atoms with E-state index < -0.39 is 6.10 Å². The van der Waals surface area contributed by atoms with Crippen molar-refractivity contribution in [3.05, 3.63) is 27.7 Å². The van der Waals surface area contributed by atoms with Crippen molar-refractivity contribution in [1.82, 2.24) is 4.90 Å². The maximum atomic E-state index is 10.9. The topological polar surface area (TPSA) is 41.9 Å². The molecule has 23 heavy (non-hydrogen) atoms. The van der Waals surface area contributed by atoms with E-state index in [0.29, 0.717) is 21.8 Å². The van der Waals surface area contributed by atoms with Gasteiger partial charge in [0.15, 0.2) is 0 Å². The summed E-state index contributed by atoms with van der Waals surface area (Å²) in [7, 11) is 0. The highest BCUT2D eigenvalue weighted by Crippen LogP contribution is 2.49. The summed E-state index contributed by atoms with van der Waals surface area (Å²) in [6.45, 7) is 3.38. The van der Waals surface area contributed by atoms with Gasteiger partial charge in [-0.05, 0) is 25.0 Å². The Morgan fingerprint density at radius 3 is 2.70 bits per heavy atom. The van der Waals surface area contributed by atoms with Crippen molar-refractivity contribution >= 4 is 23.2 Å². The van der Waals surface area contributed by atoms with E-state index >= 15 is 0 Å². The molecule has 4 rings (SSSR count). The Morgan fingerprint density at radius 2 is 1.91 bits per heavy atom. The third-order valence-electron chi connectivity index (χ3n) is 5.37. The zero-order valence-electron chi connectivity index (χ0n) is 12.9. The van der Waals surface area contributed by atoms with E-state index in [1.165, 1.54) is 0 Å². The summed E-state index contributed by atoms with van der Waals surface area (Å²) in [5.41, 5.74) is 0.728. The average molecular weight is 358 g/mol. The van der Waals surface area contributed by atoms with Gasteiger partial charge in [-0.3, -0.25) is 4.90 Å². The molecule has 0 bridgehead atoms. The molecule has 1 aromatic carbocycles. The summed E-state index contributed by atoms with van der Waals surface area (Å²) >= 11 is 12.4. The van der Waals surface area contributed by atoms with Crippen LogP contribution in [0.15, 0.2) is 12.1 Å². The van der Waals surface area contributed by atoms with E-state index in [-0.39, 0.29) is 12.0 Å². The molecule has 3 aliphatic rings. The van der Waals surface area contributed by atoms with Crippen LogP contribution in [0.2, 0.25) is 10.0 Å². The summed E-state index contributed by atoms with van der Waals surface area (Å²) < 4.78 is 11.8. The fourth-order valence-corrected chi connectivity index (χ4v) is 4.82. The monoisotopic (exact) mass is 357 g/mol. The van der Waals surface area contributed by atoms with E-state index in [2.05, 4.69) is 4.90 Å². The predicted molar refractivity (Wildman–Crippen MR) is 89.4 cm³/mol. The molecule has 126 valence electrons. The first-order valence-electron chi connectivity index (χ1n) is 8.30. The van der Waals surface area contributed by atoms with E-state index in [1.54, 1.807) is 12.1 Å². The van der Waals surface area contributed by atoms with Gasteiger partial charge < -0.3 is 14.6 Å². The van der Waals surface area contributed by atoms with Crippen LogP contribution in [0.5, 0.6) is 5.75 Å². The molecule has 0 spiro atoms. The van der Waals surface area contributed by atoms with Crippen LogP contribution in [-0.4, -0.2) is 48.5 Å². The molecule has 0 aromatic heterocycles. The molecule has 0 radical (unpaired) electrons. The lowest BCUT2D eigenvalue weighted by atomic mass is 9.75. The van der Waals surface area contributed by atoms with Crippen LogP contribution in [0, 0.1) is 5.92 Å². The first kappa shape index (κ1) is 16.0. The smallest absolute Gasteiger partial charge is 0.144 e. The normalized spacial score (nSPS) is 34.4. The molecule has 2 aliphatic heterocycles. The Morgan fingerprint density at radius 1 is 1.13 bits per heavy atom. The first-order valence-corrected chi connectivity index (χ1v) is 9.06. The lowest BCUT2D eigenvalue weighted by Crippen LogP contribution is -2.57. The van der Waals surface area contributed by atoms with Gasteiger partial charge in [-0.15, -0.1) is 0 Å². The maximum Gasteiger partial charge on any atom is 0.144 e. The Balaban J connectivity index is 1.67. The molecule has 1 aliphatic carbocycles. The van der Waals surface area contributed by atoms with E-state index in [0.717, 1.165) is 51.1 Å². The van der Waals surface area contributed by atoms with Crippen LogP contribution in [0.3, 0.4) is 0 Å². The Bertz CT molecular complexity index is 591. The summed E-state index contributed by atoms with van der Waals surface area (Å²) in [6, 6.07) is 3.77. The molecule has 6 heteroatoms. The molecule has 4 nitrogen and oxygen atoms in total. The van der Waals surface area contributed by atoms with Crippen molar-refractivity contribution in [1.29, 1.82) is 0 Å². The van der Waals surface area contributed by atoms with Crippen molar-refractivity contribution in [2.24, 2.45) is 5.92 Å². The minimum atomic E-state index is -0.566. The Kier molecular flexibility index (Phi) is 4.45. The minimum absolute atomic E-state index is 0.0250. The summed E-state index contributed by atoms with van der Waals surface area (Å²) in [6.07, 6.45) is 2.57. The van der Waals surface area contributed by atoms with Crippen molar-refractivity contribution in [3.8, 4) is 5.75 Å². The van der Waals surface area contributed by atoms with Gasteiger partial charge in [-0.1, -0.05) is 29.6 Å². The third kappa shape index (κ3) is 2.85. The Hall–Kier alpha value is -0.520. The summed E-state index contributed by atoms with van der Waals surface area (Å²) in [5, 5.41) is 11.9. The highest BCUT2D eigenvalue weighted by atomic mass is 35.5. The molecular weight excluding hydrogens is 337 g/mol. The fraction of sp³-hybridized carbons (Fsp3) is 0.647. The number of nitrogens with zero attached hydrogens (tertiary/aromatic N) is 1. The summed E-state index contributed by atoms with van der Waals surface area (Å²) in [4.78, 5) is 2.45. The average Bonchev–Trinajstić information content (AvgIpc) is 2.56. The quantitative estimate of drug-likeness (QED) is 0.837. The van der Waals surface area contributed by atoms with Gasteiger partial charge >= 0.3 is 0 Å². The zero-order chi connectivity index (χ0) is 16.0. The van der Waals surface area contributed by atoms with E-state index in [9.17, 15) is 5.11 Å². The van der Waals surface area contributed by atoms with Crippen LogP contribution >= 0.6 is 23.2 Å². The SMILES string of the molecule is O[C@@H]1c2cc(Cl)cc(Cl)c2O[C@@H]2[C@H]1CCC[C@H]2N1CCOCC1. The largest absolute Gasteiger partial charge is 0.486 e. The first-order chi connectivity index (χ1) is 11.1. The molecule has 1 N–H and O–H groups in total. The van der Waals surface area contributed by atoms with Crippen molar-refractivity contribution < 1.29 is 14.6 Å². The van der Waals surface area contributed by atoms with Gasteiger partial charge in [0.2, 0.25) is 0 Å². The van der Waals surface area contributed by atoms with Gasteiger partial charge in [0, 0.05) is 35.6 Å². The van der Waals surface area contributed by atoms with Gasteiger partial charge in [0.25, 0.3) is 0 Å². The predicted octanol–water partition coefficient (Wildman–Crippen LogP) is 3.29. The zero-order valence-corrected chi connectivity index (χ0v) is 14.4. The lowest BCUT2D eigenvalue weighted by Gasteiger charge is -2.48. The van der Waals surface area contributed by atoms with E-state index in [1.807, 2.05) is 0 Å². The second-order valence-electron chi connectivity index (χ2n) is 6.64. The fourth-order valence-electron chi connectivity index (χ4n) is 4.27. The number of aliphatic hydroxyl groups excluding tert-OH is 1. The molecule has 2 fully saturated rings. The van der Waals surface area contributed by atoms with Gasteiger partial charge in [0.05, 0.1) is 24.3 Å². The van der Waals surface area contributed by atoms with Crippen LogP contribution in [-0.2, 0) is 4.74 Å². The van der Waals surface area contributed by atoms with Gasteiger partial charge in [-0.2, -0.15) is 0 Å². The number of ether oxygens (including phenoxy) is 2. The molecule has 4 atom stereocenters. The molecule has 0 unspecified atom stereocenters. The number of aliphatic hydroxyl groups is 1. The number of morpholine rings is 1. The minimum Gasteiger partial charge on any atom is -0.486 e. The molecule has 0 amide bonds. The molecule has 2 heterocycles. The van der Waals surface area contributed by atoms with Gasteiger partial charge in [-0.25, -0.2) is 0 Å². The highest BCUT2D eigenvalue weighted by Gasteiger charge is 2.46. The number of benzene rings is 1.